The van der Waals surface area contributed by atoms with Gasteiger partial charge in [-0.15, -0.1) is 5.10 Å². The van der Waals surface area contributed by atoms with Crippen LogP contribution in [-0.2, 0) is 5.54 Å². The summed E-state index contributed by atoms with van der Waals surface area (Å²) in [5, 5.41) is 13.0. The summed E-state index contributed by atoms with van der Waals surface area (Å²) in [4.78, 5) is 9.23. The van der Waals surface area contributed by atoms with E-state index in [1.54, 1.807) is 0 Å². The molecule has 0 radical (unpaired) electrons. The Morgan fingerprint density at radius 3 is 2.39 bits per heavy atom. The molecular formula is C24H33N7. The summed E-state index contributed by atoms with van der Waals surface area (Å²) in [5.74, 6) is 0.901. The van der Waals surface area contributed by atoms with Crippen LogP contribution < -0.4 is 4.90 Å². The topological polar surface area (TPSA) is 63.0 Å². The maximum absolute atomic E-state index is 4.51. The second kappa shape index (κ2) is 8.75. The van der Waals surface area contributed by atoms with Crippen LogP contribution >= 0.6 is 0 Å². The van der Waals surface area contributed by atoms with Gasteiger partial charge in [-0.05, 0) is 79.4 Å². The monoisotopic (exact) mass is 419 g/mol. The molecule has 2 aromatic heterocycles. The summed E-state index contributed by atoms with van der Waals surface area (Å²) in [6.07, 6.45) is 4.66. The molecule has 7 nitrogen and oxygen atoms in total. The molecule has 1 saturated heterocycles. The van der Waals surface area contributed by atoms with Crippen LogP contribution in [0.1, 0.15) is 55.7 Å². The van der Waals surface area contributed by atoms with Crippen LogP contribution in [0.25, 0.3) is 0 Å². The number of benzene rings is 1. The number of hydrogen-bond donors (Lipinski definition) is 0. The maximum atomic E-state index is 4.51. The van der Waals surface area contributed by atoms with Gasteiger partial charge in [0.15, 0.2) is 5.82 Å². The zero-order chi connectivity index (χ0) is 22.0. The number of piperazine rings is 1. The van der Waals surface area contributed by atoms with E-state index in [-0.39, 0.29) is 11.6 Å². The van der Waals surface area contributed by atoms with Crippen molar-refractivity contribution in [1.82, 2.24) is 30.1 Å². The minimum Gasteiger partial charge on any atom is -0.369 e. The van der Waals surface area contributed by atoms with Gasteiger partial charge in [0.2, 0.25) is 0 Å². The summed E-state index contributed by atoms with van der Waals surface area (Å²) in [6.45, 7) is 14.8. The first kappa shape index (κ1) is 21.4. The standard InChI is InChI=1S/C24H33N7/c1-6-24(4,5)31-23(26-27-28-31)22(20-10-12-25-13-11-20)30-16-14-29(15-17-30)21-9-7-8-18(2)19(21)3/h7-13,22H,6,14-17H2,1-5H3. The summed E-state index contributed by atoms with van der Waals surface area (Å²) in [6, 6.07) is 10.8. The lowest BCUT2D eigenvalue weighted by Gasteiger charge is -2.41. The van der Waals surface area contributed by atoms with Crippen molar-refractivity contribution in [2.45, 2.75) is 52.6 Å². The summed E-state index contributed by atoms with van der Waals surface area (Å²) >= 11 is 0. The van der Waals surface area contributed by atoms with Crippen molar-refractivity contribution in [3.05, 3.63) is 65.2 Å². The van der Waals surface area contributed by atoms with Gasteiger partial charge in [-0.1, -0.05) is 19.1 Å². The third-order valence-electron chi connectivity index (χ3n) is 6.79. The number of aryl methyl sites for hydroxylation is 1. The lowest BCUT2D eigenvalue weighted by molar-refractivity contribution is 0.187. The zero-order valence-electron chi connectivity index (χ0n) is 19.3. The van der Waals surface area contributed by atoms with E-state index < -0.39 is 0 Å². The van der Waals surface area contributed by atoms with Gasteiger partial charge < -0.3 is 4.90 Å². The Labute approximate surface area is 185 Å². The Kier molecular flexibility index (Phi) is 6.05. The molecule has 1 atom stereocenters. The van der Waals surface area contributed by atoms with E-state index in [2.05, 4.69) is 95.3 Å². The molecule has 31 heavy (non-hydrogen) atoms. The summed E-state index contributed by atoms with van der Waals surface area (Å²) in [5.41, 5.74) is 5.09. The van der Waals surface area contributed by atoms with Gasteiger partial charge >= 0.3 is 0 Å². The Bertz CT molecular complexity index is 1000. The number of aromatic nitrogens is 5. The Morgan fingerprint density at radius 2 is 1.71 bits per heavy atom. The third-order valence-corrected chi connectivity index (χ3v) is 6.79. The smallest absolute Gasteiger partial charge is 0.173 e. The minimum absolute atomic E-state index is 0.00424. The summed E-state index contributed by atoms with van der Waals surface area (Å²) in [7, 11) is 0. The number of tetrazole rings is 1. The van der Waals surface area contributed by atoms with E-state index in [0.717, 1.165) is 38.4 Å². The predicted octanol–water partition coefficient (Wildman–Crippen LogP) is 3.74. The Hall–Kier alpha value is -2.80. The molecule has 1 aromatic carbocycles. The zero-order valence-corrected chi connectivity index (χ0v) is 19.3. The van der Waals surface area contributed by atoms with Crippen LogP contribution in [0.15, 0.2) is 42.7 Å². The van der Waals surface area contributed by atoms with Gasteiger partial charge in [-0.2, -0.15) is 0 Å². The van der Waals surface area contributed by atoms with Crippen LogP contribution in [0.5, 0.6) is 0 Å². The van der Waals surface area contributed by atoms with Gasteiger partial charge in [-0.25, -0.2) is 4.68 Å². The molecule has 1 fully saturated rings. The van der Waals surface area contributed by atoms with Gasteiger partial charge in [0, 0.05) is 44.3 Å². The number of anilines is 1. The highest BCUT2D eigenvalue weighted by molar-refractivity contribution is 5.56. The molecule has 0 amide bonds. The molecule has 0 saturated carbocycles. The number of hydrogen-bond acceptors (Lipinski definition) is 6. The van der Waals surface area contributed by atoms with Crippen molar-refractivity contribution < 1.29 is 0 Å². The highest BCUT2D eigenvalue weighted by Crippen LogP contribution is 2.32. The van der Waals surface area contributed by atoms with Crippen molar-refractivity contribution in [3.8, 4) is 0 Å². The van der Waals surface area contributed by atoms with Gasteiger partial charge in [-0.3, -0.25) is 9.88 Å². The average molecular weight is 420 g/mol. The maximum Gasteiger partial charge on any atom is 0.173 e. The fraction of sp³-hybridized carbons (Fsp3) is 0.500. The molecule has 3 heterocycles. The van der Waals surface area contributed by atoms with Crippen LogP contribution in [0.2, 0.25) is 0 Å². The second-order valence-corrected chi connectivity index (χ2v) is 9.04. The lowest BCUT2D eigenvalue weighted by atomic mass is 9.99. The van der Waals surface area contributed by atoms with Gasteiger partial charge in [0.05, 0.1) is 11.6 Å². The normalized spacial score (nSPS) is 16.5. The Morgan fingerprint density at radius 1 is 1.00 bits per heavy atom. The molecule has 1 unspecified atom stereocenters. The molecule has 0 N–H and O–H groups in total. The molecule has 7 heteroatoms. The molecule has 0 bridgehead atoms. The van der Waals surface area contributed by atoms with Gasteiger partial charge in [0.25, 0.3) is 0 Å². The van der Waals surface area contributed by atoms with Crippen LogP contribution in [0.3, 0.4) is 0 Å². The van der Waals surface area contributed by atoms with Crippen molar-refractivity contribution in [1.29, 1.82) is 0 Å². The molecule has 0 spiro atoms. The van der Waals surface area contributed by atoms with Crippen molar-refractivity contribution in [3.63, 3.8) is 0 Å². The van der Waals surface area contributed by atoms with Crippen molar-refractivity contribution in [2.75, 3.05) is 31.1 Å². The van der Waals surface area contributed by atoms with Crippen LogP contribution in [0.4, 0.5) is 5.69 Å². The first-order chi connectivity index (χ1) is 14.9. The largest absolute Gasteiger partial charge is 0.369 e. The molecule has 4 rings (SSSR count). The van der Waals surface area contributed by atoms with Crippen LogP contribution in [0, 0.1) is 13.8 Å². The Balaban J connectivity index is 1.63. The van der Waals surface area contributed by atoms with E-state index in [4.69, 9.17) is 0 Å². The quantitative estimate of drug-likeness (QED) is 0.606. The third kappa shape index (κ3) is 4.19. The van der Waals surface area contributed by atoms with E-state index in [1.165, 1.54) is 22.4 Å². The molecule has 1 aliphatic rings. The van der Waals surface area contributed by atoms with Crippen LogP contribution in [-0.4, -0.2) is 56.3 Å². The fourth-order valence-electron chi connectivity index (χ4n) is 4.31. The lowest BCUT2D eigenvalue weighted by Crippen LogP contribution is -2.49. The molecule has 0 aliphatic carbocycles. The molecule has 1 aliphatic heterocycles. The average Bonchev–Trinajstić information content (AvgIpc) is 3.28. The van der Waals surface area contributed by atoms with E-state index in [0.29, 0.717) is 0 Å². The SMILES string of the molecule is CCC(C)(C)n1nnnc1C(c1ccncc1)N1CCN(c2cccc(C)c2C)CC1. The van der Waals surface area contributed by atoms with Gasteiger partial charge in [0.1, 0.15) is 0 Å². The summed E-state index contributed by atoms with van der Waals surface area (Å²) < 4.78 is 2.01. The number of pyridine rings is 1. The predicted molar refractivity (Wildman–Crippen MR) is 123 cm³/mol. The number of nitrogens with zero attached hydrogens (tertiary/aromatic N) is 7. The first-order valence-corrected chi connectivity index (χ1v) is 11.2. The second-order valence-electron chi connectivity index (χ2n) is 9.04. The van der Waals surface area contributed by atoms with E-state index in [9.17, 15) is 0 Å². The van der Waals surface area contributed by atoms with E-state index >= 15 is 0 Å². The number of rotatable bonds is 6. The fourth-order valence-corrected chi connectivity index (χ4v) is 4.31. The first-order valence-electron chi connectivity index (χ1n) is 11.2. The highest BCUT2D eigenvalue weighted by atomic mass is 15.6. The minimum atomic E-state index is -0.148. The van der Waals surface area contributed by atoms with Crippen molar-refractivity contribution in [2.24, 2.45) is 0 Å². The molecule has 3 aromatic rings. The molecular weight excluding hydrogens is 386 g/mol. The van der Waals surface area contributed by atoms with E-state index in [1.807, 2.05) is 17.1 Å². The highest BCUT2D eigenvalue weighted by Gasteiger charge is 2.34. The van der Waals surface area contributed by atoms with Crippen molar-refractivity contribution >= 4 is 5.69 Å². The molecule has 164 valence electrons.